The van der Waals surface area contributed by atoms with E-state index in [1.165, 1.54) is 0 Å². The van der Waals surface area contributed by atoms with Gasteiger partial charge in [-0.1, -0.05) is 0 Å². The van der Waals surface area contributed by atoms with Crippen LogP contribution in [0.1, 0.15) is 10.4 Å². The predicted molar refractivity (Wildman–Crippen MR) is 42.4 cm³/mol. The van der Waals surface area contributed by atoms with Crippen LogP contribution in [-0.4, -0.2) is 24.4 Å². The Balaban J connectivity index is 2.99. The van der Waals surface area contributed by atoms with Crippen molar-refractivity contribution in [1.82, 2.24) is 10.3 Å². The summed E-state index contributed by atoms with van der Waals surface area (Å²) in [5.41, 5.74) is -0.276. The first kappa shape index (κ1) is 9.73. The average molecular weight is 186 g/mol. The van der Waals surface area contributed by atoms with Gasteiger partial charge in [0.2, 0.25) is 5.95 Å². The summed E-state index contributed by atoms with van der Waals surface area (Å²) < 4.78 is 25.4. The fourth-order valence-electron chi connectivity index (χ4n) is 0.883. The lowest BCUT2D eigenvalue weighted by Crippen LogP contribution is -2.19. The van der Waals surface area contributed by atoms with Crippen molar-refractivity contribution >= 4 is 5.78 Å². The molecule has 0 aromatic carbocycles. The number of aromatic nitrogens is 1. The van der Waals surface area contributed by atoms with Crippen LogP contribution in [0, 0.1) is 11.8 Å². The van der Waals surface area contributed by atoms with Gasteiger partial charge in [0.05, 0.1) is 18.3 Å². The monoisotopic (exact) mass is 186 g/mol. The summed E-state index contributed by atoms with van der Waals surface area (Å²) in [6.07, 6.45) is 0.693. The van der Waals surface area contributed by atoms with Gasteiger partial charge in [-0.15, -0.1) is 0 Å². The van der Waals surface area contributed by atoms with E-state index in [4.69, 9.17) is 0 Å². The quantitative estimate of drug-likeness (QED) is 0.559. The van der Waals surface area contributed by atoms with Crippen molar-refractivity contribution in [2.45, 2.75) is 0 Å². The van der Waals surface area contributed by atoms with E-state index in [0.29, 0.717) is 6.20 Å². The van der Waals surface area contributed by atoms with Gasteiger partial charge in [-0.05, 0) is 7.05 Å². The maximum absolute atomic E-state index is 12.9. The molecule has 0 aliphatic rings. The molecule has 0 aliphatic carbocycles. The molecule has 1 aromatic heterocycles. The van der Waals surface area contributed by atoms with Crippen LogP contribution in [0.15, 0.2) is 12.3 Å². The Kier molecular flexibility index (Phi) is 3.02. The molecule has 3 nitrogen and oxygen atoms in total. The number of hydrogen-bond donors (Lipinski definition) is 1. The van der Waals surface area contributed by atoms with E-state index in [0.717, 1.165) is 6.07 Å². The van der Waals surface area contributed by atoms with Crippen LogP contribution < -0.4 is 5.32 Å². The summed E-state index contributed by atoms with van der Waals surface area (Å²) in [7, 11) is 1.55. The Labute approximate surface area is 73.8 Å². The van der Waals surface area contributed by atoms with Crippen molar-refractivity contribution < 1.29 is 13.6 Å². The lowest BCUT2D eigenvalue weighted by Gasteiger charge is -2.00. The number of halogens is 2. The zero-order chi connectivity index (χ0) is 9.84. The highest BCUT2D eigenvalue weighted by Gasteiger charge is 2.12. The van der Waals surface area contributed by atoms with Crippen molar-refractivity contribution in [3.8, 4) is 0 Å². The van der Waals surface area contributed by atoms with E-state index in [1.54, 1.807) is 7.05 Å². The highest BCUT2D eigenvalue weighted by Crippen LogP contribution is 2.07. The van der Waals surface area contributed by atoms with Gasteiger partial charge in [0.15, 0.2) is 11.6 Å². The minimum atomic E-state index is -0.860. The average Bonchev–Trinajstić information content (AvgIpc) is 2.09. The number of likely N-dealkylation sites (N-methyl/N-ethyl adjacent to an activating group) is 1. The minimum absolute atomic E-state index is 0.0274. The van der Waals surface area contributed by atoms with Crippen molar-refractivity contribution in [3.05, 3.63) is 29.6 Å². The second-order valence-corrected chi connectivity index (χ2v) is 2.44. The first-order valence-corrected chi connectivity index (χ1v) is 3.64. The first-order chi connectivity index (χ1) is 6.15. The number of hydrogen-bond acceptors (Lipinski definition) is 3. The second kappa shape index (κ2) is 4.04. The van der Waals surface area contributed by atoms with Gasteiger partial charge in [-0.3, -0.25) is 4.79 Å². The van der Waals surface area contributed by atoms with Gasteiger partial charge < -0.3 is 5.32 Å². The summed E-state index contributed by atoms with van der Waals surface area (Å²) in [5, 5.41) is 2.55. The molecule has 0 radical (unpaired) electrons. The number of carbonyl (C=O) groups excluding carboxylic acids is 1. The Morgan fingerprint density at radius 3 is 2.92 bits per heavy atom. The normalized spacial score (nSPS) is 10.1. The van der Waals surface area contributed by atoms with Crippen LogP contribution in [-0.2, 0) is 0 Å². The molecule has 0 aliphatic heterocycles. The zero-order valence-corrected chi connectivity index (χ0v) is 6.97. The molecule has 13 heavy (non-hydrogen) atoms. The lowest BCUT2D eigenvalue weighted by molar-refractivity contribution is 0.0989. The van der Waals surface area contributed by atoms with Crippen LogP contribution in [0.5, 0.6) is 0 Å². The van der Waals surface area contributed by atoms with Crippen molar-refractivity contribution in [2.24, 2.45) is 0 Å². The summed E-state index contributed by atoms with van der Waals surface area (Å²) in [4.78, 5) is 14.2. The molecule has 0 bridgehead atoms. The number of carbonyl (C=O) groups is 1. The Morgan fingerprint density at radius 2 is 2.31 bits per heavy atom. The topological polar surface area (TPSA) is 42.0 Å². The molecule has 5 heteroatoms. The van der Waals surface area contributed by atoms with E-state index in [-0.39, 0.29) is 12.1 Å². The molecule has 0 unspecified atom stereocenters. The van der Waals surface area contributed by atoms with Gasteiger partial charge in [0.1, 0.15) is 0 Å². The fraction of sp³-hybridized carbons (Fsp3) is 0.250. The molecule has 0 amide bonds. The molecular formula is C8H8F2N2O. The molecule has 1 aromatic rings. The SMILES string of the molecule is CNCC(=O)c1cc(F)ncc1F. The Morgan fingerprint density at radius 1 is 1.62 bits per heavy atom. The molecule has 0 fully saturated rings. The van der Waals surface area contributed by atoms with E-state index < -0.39 is 17.5 Å². The first-order valence-electron chi connectivity index (χ1n) is 3.64. The molecule has 0 saturated carbocycles. The molecule has 1 rings (SSSR count). The summed E-state index contributed by atoms with van der Waals surface area (Å²) in [6.45, 7) is -0.0274. The third-order valence-electron chi connectivity index (χ3n) is 1.46. The van der Waals surface area contributed by atoms with Gasteiger partial charge >= 0.3 is 0 Å². The van der Waals surface area contributed by atoms with Crippen LogP contribution in [0.3, 0.4) is 0 Å². The zero-order valence-electron chi connectivity index (χ0n) is 6.97. The highest BCUT2D eigenvalue weighted by molar-refractivity contribution is 5.97. The van der Waals surface area contributed by atoms with Gasteiger partial charge in [-0.2, -0.15) is 4.39 Å². The standard InChI is InChI=1S/C8H8F2N2O/c1-11-4-7(13)5-2-8(10)12-3-6(5)9/h2-3,11H,4H2,1H3. The summed E-state index contributed by atoms with van der Waals surface area (Å²) >= 11 is 0. The summed E-state index contributed by atoms with van der Waals surface area (Å²) in [5.74, 6) is -2.16. The van der Waals surface area contributed by atoms with Gasteiger partial charge in [0, 0.05) is 6.07 Å². The van der Waals surface area contributed by atoms with Crippen LogP contribution >= 0.6 is 0 Å². The third-order valence-corrected chi connectivity index (χ3v) is 1.46. The second-order valence-electron chi connectivity index (χ2n) is 2.44. The highest BCUT2D eigenvalue weighted by atomic mass is 19.1. The smallest absolute Gasteiger partial charge is 0.213 e. The van der Waals surface area contributed by atoms with Gasteiger partial charge in [0.25, 0.3) is 0 Å². The lowest BCUT2D eigenvalue weighted by atomic mass is 10.1. The number of rotatable bonds is 3. The molecule has 70 valence electrons. The maximum atomic E-state index is 12.9. The maximum Gasteiger partial charge on any atom is 0.213 e. The van der Waals surface area contributed by atoms with E-state index in [9.17, 15) is 13.6 Å². The minimum Gasteiger partial charge on any atom is -0.313 e. The molecule has 0 atom stereocenters. The molecule has 1 N–H and O–H groups in total. The Bertz CT molecular complexity index is 328. The van der Waals surface area contributed by atoms with Crippen molar-refractivity contribution in [3.63, 3.8) is 0 Å². The van der Waals surface area contributed by atoms with Crippen molar-refractivity contribution in [2.75, 3.05) is 13.6 Å². The van der Waals surface area contributed by atoms with E-state index in [1.807, 2.05) is 0 Å². The number of nitrogens with zero attached hydrogens (tertiary/aromatic N) is 1. The number of Topliss-reactive ketones (excluding diaryl/α,β-unsaturated/α-hetero) is 1. The molecule has 1 heterocycles. The van der Waals surface area contributed by atoms with Crippen LogP contribution in [0.4, 0.5) is 8.78 Å². The fourth-order valence-corrected chi connectivity index (χ4v) is 0.883. The number of pyridine rings is 1. The summed E-state index contributed by atoms with van der Waals surface area (Å²) in [6, 6.07) is 0.787. The Hall–Kier alpha value is -1.36. The number of nitrogens with one attached hydrogen (secondary N) is 1. The number of ketones is 1. The van der Waals surface area contributed by atoms with Crippen LogP contribution in [0.25, 0.3) is 0 Å². The van der Waals surface area contributed by atoms with Crippen LogP contribution in [0.2, 0.25) is 0 Å². The predicted octanol–water partition coefficient (Wildman–Crippen LogP) is 0.762. The van der Waals surface area contributed by atoms with E-state index in [2.05, 4.69) is 10.3 Å². The molecule has 0 saturated heterocycles. The molecular weight excluding hydrogens is 178 g/mol. The van der Waals surface area contributed by atoms with Gasteiger partial charge in [-0.25, -0.2) is 9.37 Å². The van der Waals surface area contributed by atoms with Crippen molar-refractivity contribution in [1.29, 1.82) is 0 Å². The third kappa shape index (κ3) is 2.29. The van der Waals surface area contributed by atoms with E-state index >= 15 is 0 Å². The molecule has 0 spiro atoms. The largest absolute Gasteiger partial charge is 0.313 e.